The maximum absolute atomic E-state index is 12.7. The molecule has 1 aromatic heterocycles. The van der Waals surface area contributed by atoms with Gasteiger partial charge in [0.1, 0.15) is 18.1 Å². The molecule has 0 bridgehead atoms. The summed E-state index contributed by atoms with van der Waals surface area (Å²) in [6, 6.07) is 27.0. The van der Waals surface area contributed by atoms with E-state index in [1.165, 1.54) is 0 Å². The lowest BCUT2D eigenvalue weighted by atomic mass is 10.0. The average molecular weight is 484 g/mol. The summed E-state index contributed by atoms with van der Waals surface area (Å²) in [6.45, 7) is 2.08. The molecular formula is C29H29N3O4. The van der Waals surface area contributed by atoms with E-state index in [2.05, 4.69) is 21.6 Å². The number of nitrogens with one attached hydrogen (secondary N) is 2. The Morgan fingerprint density at radius 3 is 2.44 bits per heavy atom. The van der Waals surface area contributed by atoms with E-state index < -0.39 is 0 Å². The normalized spacial score (nSPS) is 14.4. The van der Waals surface area contributed by atoms with Gasteiger partial charge in [-0.05, 0) is 60.0 Å². The highest BCUT2D eigenvalue weighted by atomic mass is 16.5. The van der Waals surface area contributed by atoms with Gasteiger partial charge in [0.05, 0.1) is 6.54 Å². The molecule has 2 amide bonds. The summed E-state index contributed by atoms with van der Waals surface area (Å²) >= 11 is 0. The van der Waals surface area contributed by atoms with E-state index in [4.69, 9.17) is 9.15 Å². The Balaban J connectivity index is 1.06. The smallest absolute Gasteiger partial charge is 0.287 e. The van der Waals surface area contributed by atoms with E-state index in [1.807, 2.05) is 66.7 Å². The number of anilines is 1. The lowest BCUT2D eigenvalue weighted by Gasteiger charge is -2.31. The number of nitrogens with zero attached hydrogens (tertiary/aromatic N) is 1. The predicted molar refractivity (Wildman–Crippen MR) is 139 cm³/mol. The van der Waals surface area contributed by atoms with Crippen LogP contribution in [-0.2, 0) is 11.4 Å². The van der Waals surface area contributed by atoms with Crippen molar-refractivity contribution in [2.24, 2.45) is 0 Å². The average Bonchev–Trinajstić information content (AvgIpc) is 3.38. The molecule has 0 radical (unpaired) electrons. The van der Waals surface area contributed by atoms with Gasteiger partial charge >= 0.3 is 0 Å². The maximum Gasteiger partial charge on any atom is 0.287 e. The maximum atomic E-state index is 12.7. The summed E-state index contributed by atoms with van der Waals surface area (Å²) in [5.41, 5.74) is 0.796. The van der Waals surface area contributed by atoms with Crippen molar-refractivity contribution in [3.63, 3.8) is 0 Å². The van der Waals surface area contributed by atoms with Crippen LogP contribution >= 0.6 is 0 Å². The molecule has 7 heteroatoms. The zero-order valence-electron chi connectivity index (χ0n) is 20.0. The number of hydrogen-bond donors (Lipinski definition) is 2. The second kappa shape index (κ2) is 11.1. The van der Waals surface area contributed by atoms with Gasteiger partial charge in [-0.3, -0.25) is 14.5 Å². The third kappa shape index (κ3) is 6.12. The first-order valence-corrected chi connectivity index (χ1v) is 12.2. The number of amides is 2. The van der Waals surface area contributed by atoms with Gasteiger partial charge in [0.2, 0.25) is 5.91 Å². The molecule has 0 unspecified atom stereocenters. The number of piperidine rings is 1. The number of benzene rings is 3. The Morgan fingerprint density at radius 1 is 0.889 bits per heavy atom. The van der Waals surface area contributed by atoms with Gasteiger partial charge < -0.3 is 19.8 Å². The summed E-state index contributed by atoms with van der Waals surface area (Å²) in [5.74, 6) is 1.36. The van der Waals surface area contributed by atoms with E-state index >= 15 is 0 Å². The molecule has 0 saturated carbocycles. The molecule has 2 N–H and O–H groups in total. The lowest BCUT2D eigenvalue weighted by Crippen LogP contribution is -2.46. The minimum atomic E-state index is -0.229. The van der Waals surface area contributed by atoms with E-state index in [0.29, 0.717) is 12.3 Å². The zero-order chi connectivity index (χ0) is 24.7. The van der Waals surface area contributed by atoms with Gasteiger partial charge in [0.25, 0.3) is 5.91 Å². The van der Waals surface area contributed by atoms with Crippen LogP contribution in [0.1, 0.15) is 29.2 Å². The van der Waals surface area contributed by atoms with Crippen molar-refractivity contribution in [2.45, 2.75) is 25.5 Å². The van der Waals surface area contributed by atoms with Gasteiger partial charge in [-0.2, -0.15) is 0 Å². The van der Waals surface area contributed by atoms with Crippen molar-refractivity contribution in [3.8, 4) is 5.75 Å². The molecule has 0 aliphatic carbocycles. The molecule has 3 aromatic carbocycles. The van der Waals surface area contributed by atoms with Crippen molar-refractivity contribution >= 4 is 28.3 Å². The molecule has 4 aromatic rings. The Morgan fingerprint density at radius 2 is 1.64 bits per heavy atom. The fourth-order valence-corrected chi connectivity index (χ4v) is 4.41. The van der Waals surface area contributed by atoms with Crippen LogP contribution in [0.5, 0.6) is 5.75 Å². The third-order valence-corrected chi connectivity index (χ3v) is 6.34. The first kappa shape index (κ1) is 23.6. The number of furan rings is 1. The Hall–Kier alpha value is -4.10. The minimum absolute atomic E-state index is 0.0299. The second-order valence-corrected chi connectivity index (χ2v) is 9.00. The number of para-hydroxylation sites is 1. The minimum Gasteiger partial charge on any atom is -0.486 e. The quantitative estimate of drug-likeness (QED) is 0.375. The predicted octanol–water partition coefficient (Wildman–Crippen LogP) is 4.84. The zero-order valence-corrected chi connectivity index (χ0v) is 20.0. The molecule has 184 valence electrons. The molecule has 1 aliphatic rings. The van der Waals surface area contributed by atoms with Gasteiger partial charge in [0, 0.05) is 24.8 Å². The third-order valence-electron chi connectivity index (χ3n) is 6.34. The van der Waals surface area contributed by atoms with Crippen LogP contribution < -0.4 is 15.4 Å². The highest BCUT2D eigenvalue weighted by Crippen LogP contribution is 2.22. The molecule has 7 nitrogen and oxygen atoms in total. The lowest BCUT2D eigenvalue weighted by molar-refractivity contribution is -0.117. The summed E-state index contributed by atoms with van der Waals surface area (Å²) in [7, 11) is 0. The van der Waals surface area contributed by atoms with Crippen LogP contribution in [0.4, 0.5) is 5.69 Å². The van der Waals surface area contributed by atoms with Crippen LogP contribution in [0.25, 0.3) is 10.8 Å². The molecule has 5 rings (SSSR count). The summed E-state index contributed by atoms with van der Waals surface area (Å²) in [5, 5.41) is 8.23. The largest absolute Gasteiger partial charge is 0.486 e. The van der Waals surface area contributed by atoms with Crippen LogP contribution in [0.3, 0.4) is 0 Å². The Labute approximate surface area is 210 Å². The van der Waals surface area contributed by atoms with Gasteiger partial charge in [-0.25, -0.2) is 0 Å². The number of fused-ring (bicyclic) bond motifs is 1. The number of hydrogen-bond acceptors (Lipinski definition) is 5. The van der Waals surface area contributed by atoms with Gasteiger partial charge in [-0.1, -0.05) is 48.5 Å². The number of carbonyl (C=O) groups excluding carboxylic acids is 2. The number of likely N-dealkylation sites (tertiary alicyclic amines) is 1. The second-order valence-electron chi connectivity index (χ2n) is 9.00. The molecule has 1 saturated heterocycles. The molecule has 0 spiro atoms. The topological polar surface area (TPSA) is 83.8 Å². The summed E-state index contributed by atoms with van der Waals surface area (Å²) < 4.78 is 11.6. The monoisotopic (exact) mass is 483 g/mol. The van der Waals surface area contributed by atoms with Crippen molar-refractivity contribution < 1.29 is 18.7 Å². The van der Waals surface area contributed by atoms with Gasteiger partial charge in [0.15, 0.2) is 5.76 Å². The number of carbonyl (C=O) groups is 2. The first-order chi connectivity index (χ1) is 17.6. The van der Waals surface area contributed by atoms with Crippen molar-refractivity contribution in [1.82, 2.24) is 10.2 Å². The fraction of sp³-hybridized carbons (Fsp3) is 0.241. The van der Waals surface area contributed by atoms with Crippen molar-refractivity contribution in [1.29, 1.82) is 0 Å². The molecular weight excluding hydrogens is 454 g/mol. The number of rotatable bonds is 8. The van der Waals surface area contributed by atoms with E-state index in [1.54, 1.807) is 12.1 Å². The molecule has 2 heterocycles. The van der Waals surface area contributed by atoms with Crippen LogP contribution in [0, 0.1) is 0 Å². The highest BCUT2D eigenvalue weighted by Gasteiger charge is 2.23. The Kier molecular flexibility index (Phi) is 7.28. The van der Waals surface area contributed by atoms with Crippen LogP contribution in [0.15, 0.2) is 89.3 Å². The van der Waals surface area contributed by atoms with E-state index in [9.17, 15) is 9.59 Å². The van der Waals surface area contributed by atoms with Crippen molar-refractivity contribution in [2.75, 3.05) is 25.0 Å². The molecule has 1 aliphatic heterocycles. The summed E-state index contributed by atoms with van der Waals surface area (Å²) in [4.78, 5) is 27.1. The van der Waals surface area contributed by atoms with Crippen LogP contribution in [-0.4, -0.2) is 42.4 Å². The van der Waals surface area contributed by atoms with Crippen molar-refractivity contribution in [3.05, 3.63) is 96.4 Å². The fourth-order valence-electron chi connectivity index (χ4n) is 4.41. The number of ether oxygens (including phenoxy) is 1. The molecule has 1 fully saturated rings. The van der Waals surface area contributed by atoms with Crippen LogP contribution in [0.2, 0.25) is 0 Å². The SMILES string of the molecule is O=C(CN1CCC(NC(=O)c2ccc(COc3ccc4ccccc4c3)o2)CC1)Nc1ccccc1. The van der Waals surface area contributed by atoms with Gasteiger partial charge in [-0.15, -0.1) is 0 Å². The van der Waals surface area contributed by atoms with E-state index in [-0.39, 0.29) is 30.2 Å². The Bertz CT molecular complexity index is 1330. The molecule has 36 heavy (non-hydrogen) atoms. The molecule has 0 atom stereocenters. The standard InChI is InChI=1S/C29H29N3O4/c33-28(30-23-8-2-1-3-9-23)19-32-16-14-24(15-17-32)31-29(34)27-13-12-26(36-27)20-35-25-11-10-21-6-4-5-7-22(21)18-25/h1-13,18,24H,14-17,19-20H2,(H,30,33)(H,31,34). The summed E-state index contributed by atoms with van der Waals surface area (Å²) in [6.07, 6.45) is 1.56. The van der Waals surface area contributed by atoms with E-state index in [0.717, 1.165) is 48.1 Å². The first-order valence-electron chi connectivity index (χ1n) is 12.2. The highest BCUT2D eigenvalue weighted by molar-refractivity contribution is 5.92.